The van der Waals surface area contributed by atoms with Crippen LogP contribution in [-0.2, 0) is 16.1 Å². The molecule has 6 rings (SSSR count). The van der Waals surface area contributed by atoms with Gasteiger partial charge in [0.2, 0.25) is 5.91 Å². The number of amides is 3. The number of nitrogens with one attached hydrogen (secondary N) is 2. The zero-order valence-electron chi connectivity index (χ0n) is 21.2. The molecule has 37 heavy (non-hydrogen) atoms. The van der Waals surface area contributed by atoms with Crippen molar-refractivity contribution in [2.24, 2.45) is 5.92 Å². The van der Waals surface area contributed by atoms with Crippen LogP contribution in [-0.4, -0.2) is 85.3 Å². The van der Waals surface area contributed by atoms with Gasteiger partial charge in [-0.3, -0.25) is 20.5 Å². The monoisotopic (exact) mass is 506 g/mol. The summed E-state index contributed by atoms with van der Waals surface area (Å²) < 4.78 is 10.6. The van der Waals surface area contributed by atoms with Crippen LogP contribution in [0.1, 0.15) is 29.9 Å². The Morgan fingerprint density at radius 2 is 1.95 bits per heavy atom. The third kappa shape index (κ3) is 4.54. The number of carbonyl (C=O) groups excluding carboxylic acids is 2. The van der Waals surface area contributed by atoms with Gasteiger partial charge in [0.1, 0.15) is 11.6 Å². The SMILES string of the molecule is COc1cccc(CN2C(=O)N(c3ccc(C4CNNC4)cn3)CC23CCN(C(=O)C2COC2)CC3)c1. The molecule has 2 aromatic rings. The minimum absolute atomic E-state index is 0.0170. The molecule has 1 spiro atoms. The van der Waals surface area contributed by atoms with E-state index in [1.165, 1.54) is 0 Å². The van der Waals surface area contributed by atoms with E-state index in [1.807, 2.05) is 51.2 Å². The van der Waals surface area contributed by atoms with Crippen molar-refractivity contribution in [3.8, 4) is 5.75 Å². The lowest BCUT2D eigenvalue weighted by Crippen LogP contribution is -2.57. The van der Waals surface area contributed by atoms with Crippen LogP contribution in [0.4, 0.5) is 10.6 Å². The molecule has 0 radical (unpaired) electrons. The lowest BCUT2D eigenvalue weighted by atomic mass is 9.85. The highest BCUT2D eigenvalue weighted by Gasteiger charge is 2.52. The minimum atomic E-state index is -0.368. The molecule has 3 amide bonds. The summed E-state index contributed by atoms with van der Waals surface area (Å²) in [5.41, 5.74) is 8.12. The van der Waals surface area contributed by atoms with Crippen molar-refractivity contribution >= 4 is 17.8 Å². The lowest BCUT2D eigenvalue weighted by Gasteiger charge is -2.45. The van der Waals surface area contributed by atoms with E-state index in [0.717, 1.165) is 42.8 Å². The summed E-state index contributed by atoms with van der Waals surface area (Å²) in [6.45, 7) is 5.08. The highest BCUT2D eigenvalue weighted by atomic mass is 16.5. The van der Waals surface area contributed by atoms with Crippen molar-refractivity contribution in [2.75, 3.05) is 57.9 Å². The molecule has 4 fully saturated rings. The third-order valence-corrected chi connectivity index (χ3v) is 8.30. The average molecular weight is 507 g/mol. The summed E-state index contributed by atoms with van der Waals surface area (Å²) >= 11 is 0. The second kappa shape index (κ2) is 9.92. The number of nitrogens with zero attached hydrogens (tertiary/aromatic N) is 4. The van der Waals surface area contributed by atoms with E-state index >= 15 is 0 Å². The van der Waals surface area contributed by atoms with Crippen LogP contribution in [0.2, 0.25) is 0 Å². The number of hydrogen-bond donors (Lipinski definition) is 2. The Hall–Kier alpha value is -3.21. The number of urea groups is 1. The molecule has 0 atom stereocenters. The van der Waals surface area contributed by atoms with E-state index in [4.69, 9.17) is 14.5 Å². The molecular formula is C27H34N6O4. The molecule has 196 valence electrons. The maximum Gasteiger partial charge on any atom is 0.326 e. The number of likely N-dealkylation sites (tertiary alicyclic amines) is 1. The van der Waals surface area contributed by atoms with E-state index in [0.29, 0.717) is 51.1 Å². The van der Waals surface area contributed by atoms with Gasteiger partial charge in [-0.1, -0.05) is 18.2 Å². The first-order chi connectivity index (χ1) is 18.1. The Balaban J connectivity index is 1.24. The Kier molecular flexibility index (Phi) is 6.48. The van der Waals surface area contributed by atoms with Crippen LogP contribution in [0.15, 0.2) is 42.6 Å². The number of anilines is 1. The molecule has 2 N–H and O–H groups in total. The van der Waals surface area contributed by atoms with Crippen LogP contribution in [0.3, 0.4) is 0 Å². The number of hydrazine groups is 1. The smallest absolute Gasteiger partial charge is 0.326 e. The zero-order chi connectivity index (χ0) is 25.4. The number of carbonyl (C=O) groups is 2. The summed E-state index contributed by atoms with van der Waals surface area (Å²) in [4.78, 5) is 37.2. The number of ether oxygens (including phenoxy) is 2. The van der Waals surface area contributed by atoms with E-state index in [2.05, 4.69) is 16.9 Å². The molecular weight excluding hydrogens is 472 g/mol. The number of rotatable bonds is 6. The Labute approximate surface area is 216 Å². The summed E-state index contributed by atoms with van der Waals surface area (Å²) in [6.07, 6.45) is 3.35. The number of pyridine rings is 1. The molecule has 4 saturated heterocycles. The van der Waals surface area contributed by atoms with Gasteiger partial charge in [0.25, 0.3) is 0 Å². The number of piperidine rings is 1. The molecule has 0 bridgehead atoms. The first-order valence-corrected chi connectivity index (χ1v) is 13.1. The second-order valence-electron chi connectivity index (χ2n) is 10.5. The highest BCUT2D eigenvalue weighted by Crippen LogP contribution is 2.39. The number of aromatic nitrogens is 1. The molecule has 0 saturated carbocycles. The molecule has 10 heteroatoms. The van der Waals surface area contributed by atoms with Gasteiger partial charge in [-0.25, -0.2) is 9.78 Å². The van der Waals surface area contributed by atoms with Gasteiger partial charge in [0.05, 0.1) is 38.3 Å². The van der Waals surface area contributed by atoms with Crippen LogP contribution in [0.5, 0.6) is 5.75 Å². The maximum absolute atomic E-state index is 13.9. The maximum atomic E-state index is 13.9. The first-order valence-electron chi connectivity index (χ1n) is 13.1. The topological polar surface area (TPSA) is 99.3 Å². The van der Waals surface area contributed by atoms with Gasteiger partial charge in [0, 0.05) is 44.8 Å². The van der Waals surface area contributed by atoms with Crippen LogP contribution >= 0.6 is 0 Å². The van der Waals surface area contributed by atoms with Crippen molar-refractivity contribution in [3.05, 3.63) is 53.7 Å². The standard InChI is InChI=1S/C27H34N6O4/c1-36-23-4-2-3-19(11-23)15-33-26(35)32(24-6-5-20(12-28-24)21-13-29-30-14-21)18-27(33)7-9-31(10-8-27)25(34)22-16-37-17-22/h2-6,11-12,21-22,29-30H,7-10,13-18H2,1H3. The Morgan fingerprint density at radius 3 is 2.59 bits per heavy atom. The predicted octanol–water partition coefficient (Wildman–Crippen LogP) is 1.73. The fourth-order valence-electron chi connectivity index (χ4n) is 5.87. The Bertz CT molecular complexity index is 1140. The van der Waals surface area contributed by atoms with Gasteiger partial charge < -0.3 is 19.3 Å². The van der Waals surface area contributed by atoms with Crippen molar-refractivity contribution in [1.82, 2.24) is 25.6 Å². The molecule has 4 aliphatic rings. The molecule has 10 nitrogen and oxygen atoms in total. The Morgan fingerprint density at radius 1 is 1.16 bits per heavy atom. The molecule has 0 unspecified atom stereocenters. The second-order valence-corrected chi connectivity index (χ2v) is 10.5. The first kappa shape index (κ1) is 24.1. The quantitative estimate of drug-likeness (QED) is 0.616. The molecule has 5 heterocycles. The van der Waals surface area contributed by atoms with E-state index < -0.39 is 0 Å². The van der Waals surface area contributed by atoms with E-state index in [-0.39, 0.29) is 23.4 Å². The van der Waals surface area contributed by atoms with Crippen molar-refractivity contribution in [1.29, 1.82) is 0 Å². The number of methoxy groups -OCH3 is 1. The normalized spacial score (nSPS) is 22.1. The summed E-state index contributed by atoms with van der Waals surface area (Å²) in [5, 5.41) is 0. The highest BCUT2D eigenvalue weighted by molar-refractivity contribution is 5.94. The van der Waals surface area contributed by atoms with E-state index in [9.17, 15) is 9.59 Å². The molecule has 0 aliphatic carbocycles. The zero-order valence-corrected chi connectivity index (χ0v) is 21.2. The van der Waals surface area contributed by atoms with Crippen molar-refractivity contribution in [2.45, 2.75) is 30.8 Å². The number of benzene rings is 1. The summed E-state index contributed by atoms with van der Waals surface area (Å²) in [5.74, 6) is 1.97. The predicted molar refractivity (Wildman–Crippen MR) is 137 cm³/mol. The van der Waals surface area contributed by atoms with Gasteiger partial charge in [0.15, 0.2) is 0 Å². The molecule has 4 aliphatic heterocycles. The van der Waals surface area contributed by atoms with Gasteiger partial charge >= 0.3 is 6.03 Å². The van der Waals surface area contributed by atoms with Gasteiger partial charge in [-0.15, -0.1) is 0 Å². The summed E-state index contributed by atoms with van der Waals surface area (Å²) in [6, 6.07) is 11.9. The van der Waals surface area contributed by atoms with E-state index in [1.54, 1.807) is 7.11 Å². The minimum Gasteiger partial charge on any atom is -0.497 e. The summed E-state index contributed by atoms with van der Waals surface area (Å²) in [7, 11) is 1.65. The molecule has 1 aromatic heterocycles. The van der Waals surface area contributed by atoms with Gasteiger partial charge in [-0.2, -0.15) is 0 Å². The van der Waals surface area contributed by atoms with Crippen LogP contribution in [0.25, 0.3) is 0 Å². The number of hydrogen-bond acceptors (Lipinski definition) is 7. The largest absolute Gasteiger partial charge is 0.497 e. The van der Waals surface area contributed by atoms with Gasteiger partial charge in [-0.05, 0) is 42.2 Å². The fourth-order valence-corrected chi connectivity index (χ4v) is 5.87. The van der Waals surface area contributed by atoms with Crippen LogP contribution < -0.4 is 20.5 Å². The fraction of sp³-hybridized carbons (Fsp3) is 0.519. The third-order valence-electron chi connectivity index (χ3n) is 8.30. The van der Waals surface area contributed by atoms with Crippen molar-refractivity contribution in [3.63, 3.8) is 0 Å². The lowest BCUT2D eigenvalue weighted by molar-refractivity contribution is -0.152. The molecule has 1 aromatic carbocycles. The van der Waals surface area contributed by atoms with Crippen molar-refractivity contribution < 1.29 is 19.1 Å². The average Bonchev–Trinajstić information content (AvgIpc) is 3.52. The van der Waals surface area contributed by atoms with Crippen LogP contribution in [0, 0.1) is 5.92 Å².